The van der Waals surface area contributed by atoms with Crippen molar-refractivity contribution in [2.75, 3.05) is 19.7 Å². The molecular weight excluding hydrogens is 186 g/mol. The normalized spacial score (nSPS) is 18.2. The van der Waals surface area contributed by atoms with Crippen LogP contribution in [0.25, 0.3) is 0 Å². The lowest BCUT2D eigenvalue weighted by Crippen LogP contribution is -2.25. The molecule has 0 radical (unpaired) electrons. The highest BCUT2D eigenvalue weighted by Crippen LogP contribution is 2.19. The fourth-order valence-electron chi connectivity index (χ4n) is 2.15. The second kappa shape index (κ2) is 9.17. The molecule has 0 amide bonds. The van der Waals surface area contributed by atoms with Crippen molar-refractivity contribution in [2.45, 2.75) is 64.4 Å². The lowest BCUT2D eigenvalue weighted by molar-refractivity contribution is 0.0303. The fourth-order valence-corrected chi connectivity index (χ4v) is 2.15. The molecule has 0 aromatic rings. The van der Waals surface area contributed by atoms with E-state index >= 15 is 0 Å². The number of ether oxygens (including phenoxy) is 1. The third-order valence-electron chi connectivity index (χ3n) is 3.14. The Kier molecular flexibility index (Phi) is 7.94. The zero-order valence-corrected chi connectivity index (χ0v) is 10.3. The Balaban J connectivity index is 1.79. The van der Waals surface area contributed by atoms with Gasteiger partial charge in [-0.15, -0.1) is 0 Å². The van der Waals surface area contributed by atoms with Gasteiger partial charge in [0.25, 0.3) is 0 Å². The van der Waals surface area contributed by atoms with Gasteiger partial charge in [0.1, 0.15) is 0 Å². The summed E-state index contributed by atoms with van der Waals surface area (Å²) in [6.45, 7) is 5.32. The molecule has 1 saturated carbocycles. The largest absolute Gasteiger partial charge is 0.377 e. The summed E-state index contributed by atoms with van der Waals surface area (Å²) >= 11 is 0. The van der Waals surface area contributed by atoms with Gasteiger partial charge in [-0.25, -0.2) is 0 Å². The van der Waals surface area contributed by atoms with Gasteiger partial charge in [0.2, 0.25) is 0 Å². The van der Waals surface area contributed by atoms with Crippen LogP contribution >= 0.6 is 0 Å². The van der Waals surface area contributed by atoms with E-state index in [-0.39, 0.29) is 0 Å². The maximum atomic E-state index is 5.83. The van der Waals surface area contributed by atoms with Crippen LogP contribution in [0.3, 0.4) is 0 Å². The van der Waals surface area contributed by atoms with Gasteiger partial charge in [0.05, 0.1) is 12.7 Å². The van der Waals surface area contributed by atoms with Gasteiger partial charge in [-0.05, 0) is 25.8 Å². The molecule has 2 nitrogen and oxygen atoms in total. The summed E-state index contributed by atoms with van der Waals surface area (Å²) in [7, 11) is 0. The Hall–Kier alpha value is -0.0800. The smallest absolute Gasteiger partial charge is 0.0594 e. The van der Waals surface area contributed by atoms with Gasteiger partial charge in [-0.3, -0.25) is 0 Å². The fraction of sp³-hybridized carbons (Fsp3) is 1.00. The second-order valence-corrected chi connectivity index (χ2v) is 4.59. The molecule has 0 unspecified atom stereocenters. The number of unbranched alkanes of at least 4 members (excludes halogenated alkanes) is 2. The van der Waals surface area contributed by atoms with Gasteiger partial charge in [0.15, 0.2) is 0 Å². The molecule has 90 valence electrons. The van der Waals surface area contributed by atoms with E-state index < -0.39 is 0 Å². The van der Waals surface area contributed by atoms with E-state index in [9.17, 15) is 0 Å². The molecule has 1 aliphatic rings. The van der Waals surface area contributed by atoms with Crippen LogP contribution < -0.4 is 5.32 Å². The lowest BCUT2D eigenvalue weighted by atomic mass is 9.98. The quantitative estimate of drug-likeness (QED) is 0.626. The molecule has 0 bridgehead atoms. The molecule has 0 atom stereocenters. The minimum atomic E-state index is 0.566. The molecule has 1 fully saturated rings. The third kappa shape index (κ3) is 6.91. The highest BCUT2D eigenvalue weighted by atomic mass is 16.5. The standard InChI is InChI=1S/C13H27NO/c1-2-3-7-10-14-11-12-15-13-8-5-4-6-9-13/h13-14H,2-12H2,1H3. The molecular formula is C13H27NO. The summed E-state index contributed by atoms with van der Waals surface area (Å²) in [5.41, 5.74) is 0. The average molecular weight is 213 g/mol. The first-order chi connectivity index (χ1) is 7.43. The van der Waals surface area contributed by atoms with Gasteiger partial charge in [0, 0.05) is 6.54 Å². The molecule has 0 aliphatic heterocycles. The molecule has 1 aliphatic carbocycles. The number of hydrogen-bond donors (Lipinski definition) is 1. The van der Waals surface area contributed by atoms with Crippen molar-refractivity contribution in [2.24, 2.45) is 0 Å². The van der Waals surface area contributed by atoms with Crippen molar-refractivity contribution < 1.29 is 4.74 Å². The molecule has 0 saturated heterocycles. The van der Waals surface area contributed by atoms with E-state index in [1.165, 1.54) is 51.4 Å². The molecule has 0 heterocycles. The highest BCUT2D eigenvalue weighted by molar-refractivity contribution is 4.65. The summed E-state index contributed by atoms with van der Waals surface area (Å²) in [6, 6.07) is 0. The monoisotopic (exact) mass is 213 g/mol. The first kappa shape index (κ1) is 13.0. The van der Waals surface area contributed by atoms with Crippen LogP contribution in [0.5, 0.6) is 0 Å². The number of rotatable bonds is 8. The second-order valence-electron chi connectivity index (χ2n) is 4.59. The molecule has 15 heavy (non-hydrogen) atoms. The van der Waals surface area contributed by atoms with Gasteiger partial charge in [-0.1, -0.05) is 39.0 Å². The Labute approximate surface area is 94.8 Å². The Morgan fingerprint density at radius 1 is 1.07 bits per heavy atom. The van der Waals surface area contributed by atoms with E-state index in [1.807, 2.05) is 0 Å². The maximum absolute atomic E-state index is 5.83. The predicted octanol–water partition coefficient (Wildman–Crippen LogP) is 3.12. The predicted molar refractivity (Wildman–Crippen MR) is 65.2 cm³/mol. The molecule has 1 N–H and O–H groups in total. The highest BCUT2D eigenvalue weighted by Gasteiger charge is 2.12. The summed E-state index contributed by atoms with van der Waals surface area (Å²) in [5, 5.41) is 3.43. The first-order valence-corrected chi connectivity index (χ1v) is 6.76. The van der Waals surface area contributed by atoms with Crippen molar-refractivity contribution in [3.05, 3.63) is 0 Å². The maximum Gasteiger partial charge on any atom is 0.0594 e. The van der Waals surface area contributed by atoms with Crippen molar-refractivity contribution in [1.82, 2.24) is 5.32 Å². The molecule has 1 rings (SSSR count). The summed E-state index contributed by atoms with van der Waals surface area (Å²) in [5.74, 6) is 0. The van der Waals surface area contributed by atoms with Crippen molar-refractivity contribution >= 4 is 0 Å². The molecule has 0 aromatic carbocycles. The number of hydrogen-bond acceptors (Lipinski definition) is 2. The van der Waals surface area contributed by atoms with Gasteiger partial charge < -0.3 is 10.1 Å². The Bertz CT molecular complexity index is 132. The SMILES string of the molecule is CCCCCNCCOC1CCCCC1. The lowest BCUT2D eigenvalue weighted by Gasteiger charge is -2.22. The van der Waals surface area contributed by atoms with E-state index in [0.717, 1.165) is 19.7 Å². The van der Waals surface area contributed by atoms with Crippen molar-refractivity contribution in [1.29, 1.82) is 0 Å². The van der Waals surface area contributed by atoms with Crippen LogP contribution in [0.2, 0.25) is 0 Å². The van der Waals surface area contributed by atoms with Crippen LogP contribution in [0.15, 0.2) is 0 Å². The van der Waals surface area contributed by atoms with E-state index in [0.29, 0.717) is 6.10 Å². The van der Waals surface area contributed by atoms with Gasteiger partial charge >= 0.3 is 0 Å². The van der Waals surface area contributed by atoms with Crippen LogP contribution in [0.4, 0.5) is 0 Å². The topological polar surface area (TPSA) is 21.3 Å². The Morgan fingerprint density at radius 3 is 2.60 bits per heavy atom. The van der Waals surface area contributed by atoms with Crippen LogP contribution in [-0.4, -0.2) is 25.8 Å². The molecule has 0 spiro atoms. The average Bonchev–Trinajstić information content (AvgIpc) is 2.29. The zero-order valence-electron chi connectivity index (χ0n) is 10.3. The Morgan fingerprint density at radius 2 is 1.87 bits per heavy atom. The minimum Gasteiger partial charge on any atom is -0.377 e. The van der Waals surface area contributed by atoms with E-state index in [1.54, 1.807) is 0 Å². The minimum absolute atomic E-state index is 0.566. The van der Waals surface area contributed by atoms with Crippen LogP contribution in [-0.2, 0) is 4.74 Å². The zero-order chi connectivity index (χ0) is 10.8. The molecule has 2 heteroatoms. The van der Waals surface area contributed by atoms with Crippen molar-refractivity contribution in [3.8, 4) is 0 Å². The first-order valence-electron chi connectivity index (χ1n) is 6.76. The van der Waals surface area contributed by atoms with E-state index in [2.05, 4.69) is 12.2 Å². The van der Waals surface area contributed by atoms with Crippen molar-refractivity contribution in [3.63, 3.8) is 0 Å². The van der Waals surface area contributed by atoms with Crippen LogP contribution in [0.1, 0.15) is 58.3 Å². The summed E-state index contributed by atoms with van der Waals surface area (Å²) in [6.07, 6.45) is 11.2. The van der Waals surface area contributed by atoms with Gasteiger partial charge in [-0.2, -0.15) is 0 Å². The van der Waals surface area contributed by atoms with E-state index in [4.69, 9.17) is 4.74 Å². The summed E-state index contributed by atoms with van der Waals surface area (Å²) < 4.78 is 5.83. The number of nitrogens with one attached hydrogen (secondary N) is 1. The summed E-state index contributed by atoms with van der Waals surface area (Å²) in [4.78, 5) is 0. The third-order valence-corrected chi connectivity index (χ3v) is 3.14. The van der Waals surface area contributed by atoms with Crippen LogP contribution in [0, 0.1) is 0 Å². The molecule has 0 aromatic heterocycles.